The number of hydrogen-bond acceptors (Lipinski definition) is 6. The molecule has 0 aromatic heterocycles. The average Bonchev–Trinajstić information content (AvgIpc) is 2.91. The molecule has 34 heavy (non-hydrogen) atoms. The lowest BCUT2D eigenvalue weighted by Crippen LogP contribution is -2.22. The zero-order valence-corrected chi connectivity index (χ0v) is 20.6. The number of esters is 1. The highest BCUT2D eigenvalue weighted by Crippen LogP contribution is 2.42. The summed E-state index contributed by atoms with van der Waals surface area (Å²) in [5.41, 5.74) is 0. The summed E-state index contributed by atoms with van der Waals surface area (Å²) in [6.07, 6.45) is 6.54. The smallest absolute Gasteiger partial charge is 0.306 e. The Balaban J connectivity index is 1.46. The molecule has 6 nitrogen and oxygen atoms in total. The molecule has 1 aliphatic heterocycles. The first-order chi connectivity index (χ1) is 16.2. The standard InChI is InChI=1S/C26H36ClFO6/c1-16(2)34-26(31)5-3-4-17-6-8-23-22(24(30)13-25(23)33-14-17)9-7-20(29)15-32-21-11-18(27)10-19(28)12-21/h7,9-12,16-17,20,22-25,29-30H,3-6,8,13-15H2,1-2H3/t17-,20+,22+,23+,24+,25-/m0/s1. The third-order valence-electron chi connectivity index (χ3n) is 6.52. The Kier molecular flexibility index (Phi) is 10.2. The van der Waals surface area contributed by atoms with E-state index < -0.39 is 18.0 Å². The number of ether oxygens (including phenoxy) is 3. The van der Waals surface area contributed by atoms with E-state index in [1.54, 1.807) is 6.08 Å². The van der Waals surface area contributed by atoms with Gasteiger partial charge in [0.05, 0.1) is 18.3 Å². The highest BCUT2D eigenvalue weighted by molar-refractivity contribution is 6.30. The van der Waals surface area contributed by atoms with Crippen molar-refractivity contribution < 1.29 is 33.6 Å². The molecule has 2 aliphatic rings. The normalized spacial score (nSPS) is 28.0. The van der Waals surface area contributed by atoms with Gasteiger partial charge in [-0.25, -0.2) is 4.39 Å². The molecule has 1 aliphatic carbocycles. The van der Waals surface area contributed by atoms with E-state index in [-0.39, 0.29) is 47.4 Å². The second-order valence-corrected chi connectivity index (χ2v) is 10.1. The van der Waals surface area contributed by atoms with Crippen LogP contribution in [0.5, 0.6) is 5.75 Å². The quantitative estimate of drug-likeness (QED) is 0.359. The molecule has 6 atom stereocenters. The molecule has 1 saturated carbocycles. The number of rotatable bonds is 10. The number of carbonyl (C=O) groups is 1. The molecule has 2 N–H and O–H groups in total. The summed E-state index contributed by atoms with van der Waals surface area (Å²) < 4.78 is 30.2. The predicted octanol–water partition coefficient (Wildman–Crippen LogP) is 4.69. The fraction of sp³-hybridized carbons (Fsp3) is 0.654. The Bertz CT molecular complexity index is 811. The van der Waals surface area contributed by atoms with E-state index in [1.165, 1.54) is 18.2 Å². The number of hydrogen-bond donors (Lipinski definition) is 2. The zero-order valence-electron chi connectivity index (χ0n) is 19.9. The second kappa shape index (κ2) is 12.9. The summed E-state index contributed by atoms with van der Waals surface area (Å²) in [7, 11) is 0. The van der Waals surface area contributed by atoms with E-state index >= 15 is 0 Å². The highest BCUT2D eigenvalue weighted by atomic mass is 35.5. The number of carbonyl (C=O) groups excluding carboxylic acids is 1. The van der Waals surface area contributed by atoms with Gasteiger partial charge < -0.3 is 24.4 Å². The second-order valence-electron chi connectivity index (χ2n) is 9.66. The van der Waals surface area contributed by atoms with Crippen LogP contribution >= 0.6 is 11.6 Å². The fourth-order valence-electron chi connectivity index (χ4n) is 4.91. The van der Waals surface area contributed by atoms with Crippen LogP contribution in [0.3, 0.4) is 0 Å². The fourth-order valence-corrected chi connectivity index (χ4v) is 5.12. The molecule has 2 fully saturated rings. The van der Waals surface area contributed by atoms with Gasteiger partial charge in [0, 0.05) is 36.5 Å². The summed E-state index contributed by atoms with van der Waals surface area (Å²) in [5.74, 6) is 0.0447. The van der Waals surface area contributed by atoms with Gasteiger partial charge in [-0.1, -0.05) is 23.8 Å². The number of halogens is 2. The average molecular weight is 499 g/mol. The van der Waals surface area contributed by atoms with Crippen LogP contribution < -0.4 is 4.74 Å². The van der Waals surface area contributed by atoms with E-state index in [4.69, 9.17) is 25.8 Å². The first-order valence-corrected chi connectivity index (χ1v) is 12.5. The van der Waals surface area contributed by atoms with Crippen molar-refractivity contribution in [1.82, 2.24) is 0 Å². The van der Waals surface area contributed by atoms with Crippen LogP contribution in [0.2, 0.25) is 5.02 Å². The van der Waals surface area contributed by atoms with Crippen molar-refractivity contribution in [2.24, 2.45) is 17.8 Å². The van der Waals surface area contributed by atoms with E-state index in [2.05, 4.69) is 0 Å². The lowest BCUT2D eigenvalue weighted by molar-refractivity contribution is -0.147. The van der Waals surface area contributed by atoms with Gasteiger partial charge in [0.15, 0.2) is 0 Å². The van der Waals surface area contributed by atoms with Gasteiger partial charge in [-0.15, -0.1) is 0 Å². The molecule has 0 spiro atoms. The van der Waals surface area contributed by atoms with Crippen LogP contribution in [0.25, 0.3) is 0 Å². The van der Waals surface area contributed by atoms with Crippen LogP contribution in [0.1, 0.15) is 52.4 Å². The highest BCUT2D eigenvalue weighted by Gasteiger charge is 2.43. The largest absolute Gasteiger partial charge is 0.490 e. The lowest BCUT2D eigenvalue weighted by atomic mass is 9.86. The Hall–Kier alpha value is -1.67. The number of aliphatic hydroxyl groups excluding tert-OH is 2. The minimum atomic E-state index is -0.904. The van der Waals surface area contributed by atoms with Crippen molar-refractivity contribution in [3.63, 3.8) is 0 Å². The Labute approximate surface area is 206 Å². The van der Waals surface area contributed by atoms with Crippen LogP contribution in [-0.2, 0) is 14.3 Å². The van der Waals surface area contributed by atoms with Crippen LogP contribution in [0.15, 0.2) is 30.4 Å². The van der Waals surface area contributed by atoms with Crippen molar-refractivity contribution in [2.75, 3.05) is 13.2 Å². The number of fused-ring (bicyclic) bond motifs is 1. The molecule has 1 saturated heterocycles. The predicted molar refractivity (Wildman–Crippen MR) is 127 cm³/mol. The van der Waals surface area contributed by atoms with Gasteiger partial charge in [0.2, 0.25) is 0 Å². The topological polar surface area (TPSA) is 85.2 Å². The molecule has 190 valence electrons. The molecule has 1 heterocycles. The SMILES string of the molecule is CC(C)OC(=O)CCC[C@H]1CC[C@@H]2[C@@H](C=C[C@@H](O)COc3cc(F)cc(Cl)c3)[C@H](O)C[C@@H]2OC1. The zero-order chi connectivity index (χ0) is 24.7. The van der Waals surface area contributed by atoms with Crippen molar-refractivity contribution in [2.45, 2.75) is 76.8 Å². The maximum Gasteiger partial charge on any atom is 0.306 e. The van der Waals surface area contributed by atoms with Gasteiger partial charge >= 0.3 is 5.97 Å². The number of aliphatic hydroxyl groups is 2. The third kappa shape index (κ3) is 8.22. The molecule has 0 unspecified atom stereocenters. The van der Waals surface area contributed by atoms with Gasteiger partial charge in [-0.3, -0.25) is 4.79 Å². The van der Waals surface area contributed by atoms with Crippen molar-refractivity contribution in [1.29, 1.82) is 0 Å². The Morgan fingerprint density at radius 1 is 1.32 bits per heavy atom. The van der Waals surface area contributed by atoms with Crippen LogP contribution in [0, 0.1) is 23.6 Å². The lowest BCUT2D eigenvalue weighted by Gasteiger charge is -2.21. The molecule has 3 rings (SSSR count). The summed E-state index contributed by atoms with van der Waals surface area (Å²) in [6, 6.07) is 3.88. The minimum absolute atomic E-state index is 0.0108. The third-order valence-corrected chi connectivity index (χ3v) is 6.74. The van der Waals surface area contributed by atoms with Crippen molar-refractivity contribution in [3.05, 3.63) is 41.2 Å². The maximum atomic E-state index is 13.4. The molecule has 0 amide bonds. The van der Waals surface area contributed by atoms with E-state index in [1.807, 2.05) is 19.9 Å². The molecule has 1 aromatic carbocycles. The molecule has 0 bridgehead atoms. The van der Waals surface area contributed by atoms with Crippen molar-refractivity contribution in [3.8, 4) is 5.75 Å². The molecule has 0 radical (unpaired) electrons. The van der Waals surface area contributed by atoms with Crippen LogP contribution in [-0.4, -0.2) is 53.8 Å². The summed E-state index contributed by atoms with van der Waals surface area (Å²) in [5, 5.41) is 21.1. The molecule has 8 heteroatoms. The Morgan fingerprint density at radius 2 is 2.12 bits per heavy atom. The van der Waals surface area contributed by atoms with Gasteiger partial charge in [-0.05, 0) is 63.5 Å². The maximum absolute atomic E-state index is 13.4. The first kappa shape index (κ1) is 26.9. The van der Waals surface area contributed by atoms with Gasteiger partial charge in [0.1, 0.15) is 24.3 Å². The molecular weight excluding hydrogens is 463 g/mol. The van der Waals surface area contributed by atoms with E-state index in [9.17, 15) is 19.4 Å². The molecule has 1 aromatic rings. The summed E-state index contributed by atoms with van der Waals surface area (Å²) >= 11 is 5.82. The monoisotopic (exact) mass is 498 g/mol. The summed E-state index contributed by atoms with van der Waals surface area (Å²) in [4.78, 5) is 11.7. The van der Waals surface area contributed by atoms with Crippen molar-refractivity contribution >= 4 is 17.6 Å². The first-order valence-electron chi connectivity index (χ1n) is 12.2. The number of benzene rings is 1. The van der Waals surface area contributed by atoms with Gasteiger partial charge in [0.25, 0.3) is 0 Å². The minimum Gasteiger partial charge on any atom is -0.490 e. The van der Waals surface area contributed by atoms with Gasteiger partial charge in [-0.2, -0.15) is 0 Å². The molecular formula is C26H36ClFO6. The van der Waals surface area contributed by atoms with E-state index in [0.29, 0.717) is 25.4 Å². The Morgan fingerprint density at radius 3 is 2.85 bits per heavy atom. The van der Waals surface area contributed by atoms with E-state index in [0.717, 1.165) is 25.7 Å². The summed E-state index contributed by atoms with van der Waals surface area (Å²) in [6.45, 7) is 4.28. The van der Waals surface area contributed by atoms with Crippen LogP contribution in [0.4, 0.5) is 4.39 Å².